The Balaban J connectivity index is 1.91. The van der Waals surface area contributed by atoms with Crippen LogP contribution in [0, 0.1) is 0 Å². The van der Waals surface area contributed by atoms with Gasteiger partial charge in [0.05, 0.1) is 11.9 Å². The molecule has 0 atom stereocenters. The number of thioether (sulfide) groups is 1. The van der Waals surface area contributed by atoms with Crippen molar-refractivity contribution in [3.05, 3.63) is 65.7 Å². The molecule has 0 aliphatic carbocycles. The zero-order valence-electron chi connectivity index (χ0n) is 13.3. The van der Waals surface area contributed by atoms with Crippen molar-refractivity contribution in [2.45, 2.75) is 5.75 Å². The Morgan fingerprint density at radius 2 is 1.79 bits per heavy atom. The van der Waals surface area contributed by atoms with E-state index >= 15 is 0 Å². The van der Waals surface area contributed by atoms with E-state index < -0.39 is 15.9 Å². The van der Waals surface area contributed by atoms with Crippen molar-refractivity contribution in [1.82, 2.24) is 0 Å². The van der Waals surface area contributed by atoms with Crippen LogP contribution in [-0.2, 0) is 15.8 Å². The van der Waals surface area contributed by atoms with E-state index in [4.69, 9.17) is 0 Å². The Bertz CT molecular complexity index is 790. The molecule has 2 aromatic rings. The molecule has 0 fully saturated rings. The number of nitrogens with one attached hydrogen (secondary N) is 1. The smallest absolute Gasteiger partial charge is 0.229 e. The van der Waals surface area contributed by atoms with Crippen LogP contribution in [0.5, 0.6) is 0 Å². The van der Waals surface area contributed by atoms with Crippen molar-refractivity contribution >= 4 is 33.4 Å². The molecule has 5 nitrogen and oxygen atoms in total. The van der Waals surface area contributed by atoms with Crippen LogP contribution in [0.15, 0.2) is 59.6 Å². The molecule has 128 valence electrons. The molecule has 0 saturated carbocycles. The number of benzene rings is 2. The van der Waals surface area contributed by atoms with Crippen LogP contribution in [0.3, 0.4) is 0 Å². The Morgan fingerprint density at radius 3 is 2.50 bits per heavy atom. The largest absolute Gasteiger partial charge is 0.858 e. The van der Waals surface area contributed by atoms with Gasteiger partial charge in [0, 0.05) is 23.6 Å². The summed E-state index contributed by atoms with van der Waals surface area (Å²) in [5.41, 5.74) is 1.75. The Labute approximate surface area is 146 Å². The molecule has 0 saturated heterocycles. The van der Waals surface area contributed by atoms with E-state index in [0.29, 0.717) is 6.54 Å². The van der Waals surface area contributed by atoms with Gasteiger partial charge in [0.2, 0.25) is 10.0 Å². The lowest BCUT2D eigenvalue weighted by Crippen LogP contribution is -2.22. The average molecular weight is 363 g/mol. The molecule has 0 unspecified atom stereocenters. The first-order chi connectivity index (χ1) is 11.5. The number of hydrogen-bond acceptors (Lipinski definition) is 5. The van der Waals surface area contributed by atoms with Crippen LogP contribution in [-0.4, -0.2) is 32.9 Å². The number of hydrogen-bond donors (Lipinski definition) is 1. The van der Waals surface area contributed by atoms with E-state index in [0.717, 1.165) is 17.8 Å². The average Bonchev–Trinajstić information content (AvgIpc) is 2.54. The fourth-order valence-corrected chi connectivity index (χ4v) is 3.39. The Morgan fingerprint density at radius 1 is 1.12 bits per heavy atom. The lowest BCUT2D eigenvalue weighted by Gasteiger charge is -2.16. The predicted molar refractivity (Wildman–Crippen MR) is 98.9 cm³/mol. The van der Waals surface area contributed by atoms with E-state index in [2.05, 4.69) is 21.8 Å². The monoisotopic (exact) mass is 363 g/mol. The highest BCUT2D eigenvalue weighted by molar-refractivity contribution is 7.98. The molecule has 7 heteroatoms. The topological polar surface area (TPSA) is 81.6 Å². The number of aliphatic imine (C=N–C) groups is 1. The fourth-order valence-electron chi connectivity index (χ4n) is 2.02. The van der Waals surface area contributed by atoms with Gasteiger partial charge in [-0.15, -0.1) is 0 Å². The van der Waals surface area contributed by atoms with Gasteiger partial charge in [-0.3, -0.25) is 9.71 Å². The van der Waals surface area contributed by atoms with Gasteiger partial charge in [0.1, 0.15) is 0 Å². The summed E-state index contributed by atoms with van der Waals surface area (Å²) in [6, 6.07) is 16.5. The van der Waals surface area contributed by atoms with Crippen LogP contribution in [0.2, 0.25) is 0 Å². The summed E-state index contributed by atoms with van der Waals surface area (Å²) in [6.07, 6.45) is 1.05. The molecule has 0 spiro atoms. The van der Waals surface area contributed by atoms with Crippen LogP contribution >= 0.6 is 11.8 Å². The number of anilines is 1. The minimum absolute atomic E-state index is 0.255. The molecule has 24 heavy (non-hydrogen) atoms. The first-order valence-electron chi connectivity index (χ1n) is 7.36. The van der Waals surface area contributed by atoms with Gasteiger partial charge in [-0.05, 0) is 17.5 Å². The van der Waals surface area contributed by atoms with E-state index in [9.17, 15) is 13.5 Å². The zero-order valence-corrected chi connectivity index (χ0v) is 14.9. The van der Waals surface area contributed by atoms with E-state index in [1.807, 2.05) is 18.2 Å². The molecule has 2 aromatic carbocycles. The number of rotatable bonds is 8. The highest BCUT2D eigenvalue weighted by Gasteiger charge is 2.06. The van der Waals surface area contributed by atoms with Gasteiger partial charge in [-0.25, -0.2) is 8.42 Å². The van der Waals surface area contributed by atoms with Gasteiger partial charge >= 0.3 is 0 Å². The summed E-state index contributed by atoms with van der Waals surface area (Å²) in [5, 5.41) is 12.2. The number of para-hydroxylation sites is 1. The van der Waals surface area contributed by atoms with Crippen LogP contribution in [0.25, 0.3) is 0 Å². The molecular formula is C17H19N2O3S2-. The maximum Gasteiger partial charge on any atom is 0.229 e. The summed E-state index contributed by atoms with van der Waals surface area (Å²) in [4.78, 5) is 4.02. The summed E-state index contributed by atoms with van der Waals surface area (Å²) in [6.45, 7) is 0.392. The van der Waals surface area contributed by atoms with E-state index in [1.165, 1.54) is 5.56 Å². The third kappa shape index (κ3) is 6.25. The molecule has 0 aliphatic rings. The molecule has 2 rings (SSSR count). The summed E-state index contributed by atoms with van der Waals surface area (Å²) < 4.78 is 25.0. The van der Waals surface area contributed by atoms with Gasteiger partial charge in [0.25, 0.3) is 0 Å². The number of sulfonamides is 1. The Hall–Kier alpha value is -1.99. The first kappa shape index (κ1) is 18.4. The third-order valence-electron chi connectivity index (χ3n) is 3.06. The standard InChI is InChI=1S/C17H20N2O3S2/c1-24(21,22)19-16-10-6-5-9-15(16)17(20)18-11-12-23-13-14-7-3-2-4-8-14/h2-10,19H,11-13H2,1H3,(H,18,20)/p-1. The maximum atomic E-state index is 12.2. The minimum Gasteiger partial charge on any atom is -0.858 e. The van der Waals surface area contributed by atoms with Gasteiger partial charge in [-0.1, -0.05) is 48.5 Å². The molecule has 0 radical (unpaired) electrons. The van der Waals surface area contributed by atoms with Crippen molar-refractivity contribution in [3.63, 3.8) is 0 Å². The second kappa shape index (κ2) is 8.75. The summed E-state index contributed by atoms with van der Waals surface area (Å²) >= 11 is 1.70. The third-order valence-corrected chi connectivity index (χ3v) is 4.65. The fraction of sp³-hybridized carbons (Fsp3) is 0.235. The SMILES string of the molecule is CS(=O)(=O)Nc1ccccc1C([O-])=NCCSCc1ccccc1. The van der Waals surface area contributed by atoms with Crippen LogP contribution < -0.4 is 9.83 Å². The molecule has 0 aliphatic heterocycles. The van der Waals surface area contributed by atoms with Gasteiger partial charge in [0.15, 0.2) is 0 Å². The highest BCUT2D eigenvalue weighted by atomic mass is 32.2. The lowest BCUT2D eigenvalue weighted by molar-refractivity contribution is -0.213. The molecule has 0 heterocycles. The molecular weight excluding hydrogens is 344 g/mol. The lowest BCUT2D eigenvalue weighted by atomic mass is 10.2. The summed E-state index contributed by atoms with van der Waals surface area (Å²) in [5.74, 6) is 1.18. The van der Waals surface area contributed by atoms with Crippen molar-refractivity contribution in [2.24, 2.45) is 4.99 Å². The second-order valence-corrected chi connectivity index (χ2v) is 8.00. The normalized spacial score (nSPS) is 12.1. The van der Waals surface area contributed by atoms with Crippen molar-refractivity contribution in [2.75, 3.05) is 23.3 Å². The summed E-state index contributed by atoms with van der Waals surface area (Å²) in [7, 11) is -3.44. The van der Waals surface area contributed by atoms with Gasteiger partial charge in [-0.2, -0.15) is 11.8 Å². The Kier molecular flexibility index (Phi) is 6.69. The second-order valence-electron chi connectivity index (χ2n) is 5.14. The number of nitrogens with zero attached hydrogens (tertiary/aromatic N) is 1. The minimum atomic E-state index is -3.44. The van der Waals surface area contributed by atoms with Crippen LogP contribution in [0.1, 0.15) is 11.1 Å². The van der Waals surface area contributed by atoms with Crippen molar-refractivity contribution in [3.8, 4) is 0 Å². The van der Waals surface area contributed by atoms with Crippen LogP contribution in [0.4, 0.5) is 5.69 Å². The molecule has 0 bridgehead atoms. The molecule has 0 aromatic heterocycles. The van der Waals surface area contributed by atoms with Gasteiger partial charge < -0.3 is 5.11 Å². The zero-order chi connectivity index (χ0) is 17.4. The quantitative estimate of drug-likeness (QED) is 0.442. The maximum absolute atomic E-state index is 12.2. The predicted octanol–water partition coefficient (Wildman–Crippen LogP) is 2.10. The van der Waals surface area contributed by atoms with Crippen molar-refractivity contribution < 1.29 is 13.5 Å². The van der Waals surface area contributed by atoms with E-state index in [1.54, 1.807) is 36.0 Å². The van der Waals surface area contributed by atoms with E-state index in [-0.39, 0.29) is 11.3 Å². The highest BCUT2D eigenvalue weighted by Crippen LogP contribution is 2.16. The molecule has 0 amide bonds. The van der Waals surface area contributed by atoms with Crippen molar-refractivity contribution in [1.29, 1.82) is 0 Å². The molecule has 1 N–H and O–H groups in total. The first-order valence-corrected chi connectivity index (χ1v) is 10.4.